The maximum absolute atomic E-state index is 13.1. The molecule has 2 heterocycles. The fraction of sp³-hybridized carbons (Fsp3) is 0.667. The van der Waals surface area contributed by atoms with Crippen molar-refractivity contribution in [3.63, 3.8) is 0 Å². The topological polar surface area (TPSA) is 50.2 Å². The van der Waals surface area contributed by atoms with Gasteiger partial charge in [-0.3, -0.25) is 9.48 Å². The van der Waals surface area contributed by atoms with Crippen LogP contribution in [-0.2, 0) is 12.7 Å². The van der Waals surface area contributed by atoms with Gasteiger partial charge in [-0.25, -0.2) is 0 Å². The van der Waals surface area contributed by atoms with Crippen molar-refractivity contribution < 1.29 is 18.0 Å². The Balaban J connectivity index is 2.32. The second-order valence-corrected chi connectivity index (χ2v) is 4.78. The molecule has 0 bridgehead atoms. The van der Waals surface area contributed by atoms with Gasteiger partial charge >= 0.3 is 6.18 Å². The zero-order valence-electron chi connectivity index (χ0n) is 11.4. The molecule has 0 spiro atoms. The van der Waals surface area contributed by atoms with Crippen molar-refractivity contribution in [2.45, 2.75) is 32.1 Å². The highest BCUT2D eigenvalue weighted by molar-refractivity contribution is 5.95. The Morgan fingerprint density at radius 1 is 1.60 bits per heavy atom. The first-order valence-corrected chi connectivity index (χ1v) is 6.47. The van der Waals surface area contributed by atoms with Gasteiger partial charge in [-0.1, -0.05) is 0 Å². The molecule has 1 N–H and O–H groups in total. The first kappa shape index (κ1) is 14.8. The van der Waals surface area contributed by atoms with Gasteiger partial charge in [-0.2, -0.15) is 18.3 Å². The number of carbonyl (C=O) groups is 1. The summed E-state index contributed by atoms with van der Waals surface area (Å²) in [5.74, 6) is -0.634. The zero-order chi connectivity index (χ0) is 14.9. The summed E-state index contributed by atoms with van der Waals surface area (Å²) in [6.45, 7) is 2.99. The summed E-state index contributed by atoms with van der Waals surface area (Å²) in [5.41, 5.74) is -1.35. The van der Waals surface area contributed by atoms with E-state index in [9.17, 15) is 18.0 Å². The Bertz CT molecular complexity index is 491. The normalized spacial score (nSPS) is 19.4. The van der Waals surface area contributed by atoms with E-state index in [0.29, 0.717) is 6.54 Å². The van der Waals surface area contributed by atoms with Gasteiger partial charge in [-0.05, 0) is 19.9 Å². The van der Waals surface area contributed by atoms with Gasteiger partial charge in [-0.15, -0.1) is 0 Å². The number of rotatable bonds is 3. The predicted octanol–water partition coefficient (Wildman–Crippen LogP) is 1.36. The molecule has 1 fully saturated rings. The highest BCUT2D eigenvalue weighted by Gasteiger charge is 2.41. The maximum atomic E-state index is 13.1. The first-order valence-electron chi connectivity index (χ1n) is 6.47. The van der Waals surface area contributed by atoms with E-state index in [-0.39, 0.29) is 18.2 Å². The summed E-state index contributed by atoms with van der Waals surface area (Å²) in [6.07, 6.45) is -2.84. The first-order chi connectivity index (χ1) is 9.36. The lowest BCUT2D eigenvalue weighted by atomic mass is 10.1. The fourth-order valence-corrected chi connectivity index (χ4v) is 2.41. The molecule has 0 aliphatic carbocycles. The van der Waals surface area contributed by atoms with Gasteiger partial charge in [0.2, 0.25) is 0 Å². The minimum absolute atomic E-state index is 0.0663. The number of nitrogens with one attached hydrogen (secondary N) is 1. The molecule has 1 aliphatic rings. The summed E-state index contributed by atoms with van der Waals surface area (Å²) in [5, 5.41) is 6.75. The lowest BCUT2D eigenvalue weighted by Gasteiger charge is -2.24. The van der Waals surface area contributed by atoms with Crippen LogP contribution in [0.3, 0.4) is 0 Å². The predicted molar refractivity (Wildman–Crippen MR) is 66.3 cm³/mol. The van der Waals surface area contributed by atoms with Crippen molar-refractivity contribution in [1.82, 2.24) is 20.0 Å². The number of amides is 1. The van der Waals surface area contributed by atoms with Crippen molar-refractivity contribution in [3.8, 4) is 0 Å². The average molecular weight is 290 g/mol. The highest BCUT2D eigenvalue weighted by atomic mass is 19.4. The molecule has 1 aliphatic heterocycles. The Morgan fingerprint density at radius 3 is 2.80 bits per heavy atom. The average Bonchev–Trinajstić information content (AvgIpc) is 3.04. The van der Waals surface area contributed by atoms with Gasteiger partial charge in [0.25, 0.3) is 5.91 Å². The minimum atomic E-state index is -4.59. The van der Waals surface area contributed by atoms with Crippen LogP contribution < -0.4 is 5.32 Å². The Hall–Kier alpha value is -1.57. The third-order valence-electron chi connectivity index (χ3n) is 3.54. The van der Waals surface area contributed by atoms with Crippen molar-refractivity contribution >= 4 is 5.91 Å². The second-order valence-electron chi connectivity index (χ2n) is 4.78. The van der Waals surface area contributed by atoms with Crippen LogP contribution in [0.2, 0.25) is 0 Å². The van der Waals surface area contributed by atoms with E-state index >= 15 is 0 Å². The standard InChI is InChI=1S/C12H17F3N4O/c1-3-19-10(12(13,14)15)9(7-17-19)11(20)18(2)8-4-5-16-6-8/h7-8,16H,3-6H2,1-2H3/t8-/m1/s1. The van der Waals surface area contributed by atoms with Crippen LogP contribution in [0.5, 0.6) is 0 Å². The van der Waals surface area contributed by atoms with E-state index in [1.165, 1.54) is 11.9 Å². The SMILES string of the molecule is CCn1ncc(C(=O)N(C)[C@@H]2CCNC2)c1C(F)(F)F. The molecule has 0 radical (unpaired) electrons. The Labute approximate surface area is 114 Å². The number of aromatic nitrogens is 2. The second kappa shape index (κ2) is 5.43. The third-order valence-corrected chi connectivity index (χ3v) is 3.54. The van der Waals surface area contributed by atoms with Gasteiger partial charge < -0.3 is 10.2 Å². The lowest BCUT2D eigenvalue weighted by molar-refractivity contribution is -0.144. The molecule has 8 heteroatoms. The molecule has 20 heavy (non-hydrogen) atoms. The minimum Gasteiger partial charge on any atom is -0.337 e. The fourth-order valence-electron chi connectivity index (χ4n) is 2.41. The van der Waals surface area contributed by atoms with E-state index in [4.69, 9.17) is 0 Å². The molecular weight excluding hydrogens is 273 g/mol. The van der Waals surface area contributed by atoms with Crippen molar-refractivity contribution in [3.05, 3.63) is 17.5 Å². The number of alkyl halides is 3. The van der Waals surface area contributed by atoms with Crippen LogP contribution >= 0.6 is 0 Å². The molecule has 112 valence electrons. The molecule has 1 atom stereocenters. The van der Waals surface area contributed by atoms with E-state index in [1.54, 1.807) is 6.92 Å². The van der Waals surface area contributed by atoms with Crippen LogP contribution in [0, 0.1) is 0 Å². The maximum Gasteiger partial charge on any atom is 0.433 e. The van der Waals surface area contributed by atoms with Crippen LogP contribution in [0.15, 0.2) is 6.20 Å². The Kier molecular flexibility index (Phi) is 4.03. The van der Waals surface area contributed by atoms with Crippen molar-refractivity contribution in [2.75, 3.05) is 20.1 Å². The van der Waals surface area contributed by atoms with E-state index in [2.05, 4.69) is 10.4 Å². The smallest absolute Gasteiger partial charge is 0.337 e. The number of carbonyl (C=O) groups excluding carboxylic acids is 1. The molecular formula is C12H17F3N4O. The largest absolute Gasteiger partial charge is 0.433 e. The van der Waals surface area contributed by atoms with Gasteiger partial charge in [0.1, 0.15) is 0 Å². The number of hydrogen-bond acceptors (Lipinski definition) is 3. The number of nitrogens with zero attached hydrogens (tertiary/aromatic N) is 3. The number of halogens is 3. The quantitative estimate of drug-likeness (QED) is 0.914. The van der Waals surface area contributed by atoms with E-state index in [1.807, 2.05) is 0 Å². The Morgan fingerprint density at radius 2 is 2.30 bits per heavy atom. The van der Waals surface area contributed by atoms with E-state index < -0.39 is 17.8 Å². The van der Waals surface area contributed by atoms with Crippen LogP contribution in [-0.4, -0.2) is 46.8 Å². The summed E-state index contributed by atoms with van der Waals surface area (Å²) in [7, 11) is 1.53. The van der Waals surface area contributed by atoms with Crippen molar-refractivity contribution in [1.29, 1.82) is 0 Å². The summed E-state index contributed by atoms with van der Waals surface area (Å²) in [4.78, 5) is 13.6. The molecule has 2 rings (SSSR count). The summed E-state index contributed by atoms with van der Waals surface area (Å²) in [6, 6.07) is -0.0754. The van der Waals surface area contributed by atoms with Gasteiger partial charge in [0.15, 0.2) is 5.69 Å². The highest BCUT2D eigenvalue weighted by Crippen LogP contribution is 2.32. The van der Waals surface area contributed by atoms with Crippen LogP contribution in [0.25, 0.3) is 0 Å². The lowest BCUT2D eigenvalue weighted by Crippen LogP contribution is -2.39. The molecule has 1 aromatic rings. The molecule has 0 saturated carbocycles. The van der Waals surface area contributed by atoms with Crippen molar-refractivity contribution in [2.24, 2.45) is 0 Å². The van der Waals surface area contributed by atoms with Gasteiger partial charge in [0.05, 0.1) is 11.8 Å². The molecule has 5 nitrogen and oxygen atoms in total. The molecule has 1 aromatic heterocycles. The summed E-state index contributed by atoms with van der Waals surface area (Å²) < 4.78 is 40.1. The van der Waals surface area contributed by atoms with Gasteiger partial charge in [0, 0.05) is 26.2 Å². The zero-order valence-corrected chi connectivity index (χ0v) is 11.4. The molecule has 1 amide bonds. The van der Waals surface area contributed by atoms with E-state index in [0.717, 1.165) is 23.8 Å². The van der Waals surface area contributed by atoms with Crippen LogP contribution in [0.1, 0.15) is 29.4 Å². The molecule has 0 unspecified atom stereocenters. The number of likely N-dealkylation sites (N-methyl/N-ethyl adjacent to an activating group) is 1. The summed E-state index contributed by atoms with van der Waals surface area (Å²) >= 11 is 0. The van der Waals surface area contributed by atoms with Crippen LogP contribution in [0.4, 0.5) is 13.2 Å². The monoisotopic (exact) mass is 290 g/mol. The molecule has 0 aromatic carbocycles. The number of hydrogen-bond donors (Lipinski definition) is 1. The third kappa shape index (κ3) is 2.65. The molecule has 1 saturated heterocycles. The number of aryl methyl sites for hydroxylation is 1.